The summed E-state index contributed by atoms with van der Waals surface area (Å²) in [5.41, 5.74) is 4.33. The standard InChI is InChI=1S/C19H20N4O/c1-13-15-7-4-5-9-17(15)23-18(22-13)10-11-21-19(24)16-8-3-2-6-14(16)12-20/h2-3,6,8H,4-5,7,9-11H2,1H3,(H,21,24). The first-order valence-electron chi connectivity index (χ1n) is 8.31. The van der Waals surface area contributed by atoms with Crippen LogP contribution in [0.1, 0.15) is 51.5 Å². The summed E-state index contributed by atoms with van der Waals surface area (Å²) in [4.78, 5) is 21.4. The lowest BCUT2D eigenvalue weighted by atomic mass is 9.95. The smallest absolute Gasteiger partial charge is 0.252 e. The second-order valence-corrected chi connectivity index (χ2v) is 6.02. The number of aromatic nitrogens is 2. The van der Waals surface area contributed by atoms with Gasteiger partial charge in [0.25, 0.3) is 5.91 Å². The van der Waals surface area contributed by atoms with Crippen molar-refractivity contribution in [3.05, 3.63) is 58.2 Å². The third kappa shape index (κ3) is 3.43. The molecule has 3 rings (SSSR count). The first kappa shape index (κ1) is 16.1. The fourth-order valence-electron chi connectivity index (χ4n) is 3.12. The van der Waals surface area contributed by atoms with E-state index in [1.165, 1.54) is 24.1 Å². The maximum atomic E-state index is 12.2. The normalized spacial score (nSPS) is 13.0. The van der Waals surface area contributed by atoms with Gasteiger partial charge < -0.3 is 5.32 Å². The van der Waals surface area contributed by atoms with Gasteiger partial charge in [-0.3, -0.25) is 4.79 Å². The molecule has 1 N–H and O–H groups in total. The molecule has 5 nitrogen and oxygen atoms in total. The van der Waals surface area contributed by atoms with Gasteiger partial charge >= 0.3 is 0 Å². The fraction of sp³-hybridized carbons (Fsp3) is 0.368. The van der Waals surface area contributed by atoms with Crippen LogP contribution >= 0.6 is 0 Å². The van der Waals surface area contributed by atoms with Crippen molar-refractivity contribution in [2.75, 3.05) is 6.54 Å². The van der Waals surface area contributed by atoms with Crippen molar-refractivity contribution in [3.63, 3.8) is 0 Å². The predicted molar refractivity (Wildman–Crippen MR) is 90.6 cm³/mol. The molecule has 0 spiro atoms. The highest BCUT2D eigenvalue weighted by molar-refractivity contribution is 5.96. The quantitative estimate of drug-likeness (QED) is 0.939. The lowest BCUT2D eigenvalue weighted by molar-refractivity contribution is 0.0953. The van der Waals surface area contributed by atoms with Crippen LogP contribution < -0.4 is 5.32 Å². The van der Waals surface area contributed by atoms with Crippen LogP contribution in [0.2, 0.25) is 0 Å². The number of nitrogens with zero attached hydrogens (tertiary/aromatic N) is 3. The Balaban J connectivity index is 1.64. The lowest BCUT2D eigenvalue weighted by Gasteiger charge is -2.17. The van der Waals surface area contributed by atoms with E-state index in [1.807, 2.05) is 13.0 Å². The van der Waals surface area contributed by atoms with Crippen molar-refractivity contribution in [1.29, 1.82) is 5.26 Å². The second kappa shape index (κ2) is 7.22. The van der Waals surface area contributed by atoms with Crippen LogP contribution in [0.5, 0.6) is 0 Å². The molecular formula is C19H20N4O. The number of benzene rings is 1. The number of nitrogens with one attached hydrogen (secondary N) is 1. The van der Waals surface area contributed by atoms with Gasteiger partial charge in [-0.15, -0.1) is 0 Å². The highest BCUT2D eigenvalue weighted by Gasteiger charge is 2.16. The molecule has 1 aromatic heterocycles. The van der Waals surface area contributed by atoms with Crippen LogP contribution in [0, 0.1) is 18.3 Å². The maximum absolute atomic E-state index is 12.2. The number of amides is 1. The van der Waals surface area contributed by atoms with Gasteiger partial charge in [-0.1, -0.05) is 12.1 Å². The summed E-state index contributed by atoms with van der Waals surface area (Å²) in [6.07, 6.45) is 5.08. The van der Waals surface area contributed by atoms with Gasteiger partial charge in [-0.25, -0.2) is 9.97 Å². The summed E-state index contributed by atoms with van der Waals surface area (Å²) >= 11 is 0. The summed E-state index contributed by atoms with van der Waals surface area (Å²) in [5, 5.41) is 11.9. The summed E-state index contributed by atoms with van der Waals surface area (Å²) in [5.74, 6) is 0.545. The Morgan fingerprint density at radius 1 is 1.25 bits per heavy atom. The lowest BCUT2D eigenvalue weighted by Crippen LogP contribution is -2.27. The average Bonchev–Trinajstić information content (AvgIpc) is 2.61. The molecule has 0 bridgehead atoms. The zero-order valence-electron chi connectivity index (χ0n) is 13.8. The Labute approximate surface area is 141 Å². The van der Waals surface area contributed by atoms with E-state index < -0.39 is 0 Å². The molecule has 0 radical (unpaired) electrons. The van der Waals surface area contributed by atoms with Crippen LogP contribution in [-0.2, 0) is 19.3 Å². The van der Waals surface area contributed by atoms with E-state index in [-0.39, 0.29) is 5.91 Å². The highest BCUT2D eigenvalue weighted by atomic mass is 16.1. The molecule has 1 aromatic carbocycles. The number of fused-ring (bicyclic) bond motifs is 1. The Kier molecular flexibility index (Phi) is 4.85. The molecule has 24 heavy (non-hydrogen) atoms. The third-order valence-electron chi connectivity index (χ3n) is 4.36. The van der Waals surface area contributed by atoms with Crippen LogP contribution in [0.15, 0.2) is 24.3 Å². The van der Waals surface area contributed by atoms with E-state index >= 15 is 0 Å². The van der Waals surface area contributed by atoms with Gasteiger partial charge in [0, 0.05) is 24.4 Å². The van der Waals surface area contributed by atoms with Gasteiger partial charge in [0.1, 0.15) is 5.82 Å². The van der Waals surface area contributed by atoms with E-state index in [9.17, 15) is 4.79 Å². The summed E-state index contributed by atoms with van der Waals surface area (Å²) in [7, 11) is 0. The average molecular weight is 320 g/mol. The molecule has 0 unspecified atom stereocenters. The minimum absolute atomic E-state index is 0.234. The van der Waals surface area contributed by atoms with E-state index in [4.69, 9.17) is 5.26 Å². The van der Waals surface area contributed by atoms with Crippen molar-refractivity contribution >= 4 is 5.91 Å². The molecule has 122 valence electrons. The number of hydrogen-bond donors (Lipinski definition) is 1. The van der Waals surface area contributed by atoms with Crippen LogP contribution in [0.25, 0.3) is 0 Å². The Morgan fingerprint density at radius 2 is 2.04 bits per heavy atom. The molecule has 0 saturated heterocycles. The predicted octanol–water partition coefficient (Wildman–Crippen LogP) is 2.51. The number of hydrogen-bond acceptors (Lipinski definition) is 4. The molecule has 0 atom stereocenters. The minimum atomic E-state index is -0.234. The van der Waals surface area contributed by atoms with Crippen molar-refractivity contribution in [2.45, 2.75) is 39.0 Å². The topological polar surface area (TPSA) is 78.7 Å². The van der Waals surface area contributed by atoms with Gasteiger partial charge in [0.2, 0.25) is 0 Å². The summed E-state index contributed by atoms with van der Waals surface area (Å²) < 4.78 is 0. The van der Waals surface area contributed by atoms with Crippen molar-refractivity contribution in [1.82, 2.24) is 15.3 Å². The fourth-order valence-corrected chi connectivity index (χ4v) is 3.12. The second-order valence-electron chi connectivity index (χ2n) is 6.02. The van der Waals surface area contributed by atoms with Crippen molar-refractivity contribution in [2.24, 2.45) is 0 Å². The summed E-state index contributed by atoms with van der Waals surface area (Å²) in [6, 6.07) is 8.85. The first-order valence-corrected chi connectivity index (χ1v) is 8.31. The van der Waals surface area contributed by atoms with Crippen LogP contribution in [0.4, 0.5) is 0 Å². The number of nitriles is 1. The van der Waals surface area contributed by atoms with Crippen molar-refractivity contribution in [3.8, 4) is 6.07 Å². The number of carbonyl (C=O) groups is 1. The first-order chi connectivity index (χ1) is 11.7. The third-order valence-corrected chi connectivity index (χ3v) is 4.36. The van der Waals surface area contributed by atoms with Gasteiger partial charge in [-0.05, 0) is 50.3 Å². The van der Waals surface area contributed by atoms with Crippen LogP contribution in [0.3, 0.4) is 0 Å². The monoisotopic (exact) mass is 320 g/mol. The molecule has 2 aromatic rings. The molecule has 0 saturated carbocycles. The van der Waals surface area contributed by atoms with Gasteiger partial charge in [0.15, 0.2) is 0 Å². The molecule has 0 aliphatic heterocycles. The maximum Gasteiger partial charge on any atom is 0.252 e. The largest absolute Gasteiger partial charge is 0.352 e. The highest BCUT2D eigenvalue weighted by Crippen LogP contribution is 2.21. The Morgan fingerprint density at radius 3 is 2.88 bits per heavy atom. The molecule has 1 aliphatic carbocycles. The molecule has 1 heterocycles. The number of rotatable bonds is 4. The molecular weight excluding hydrogens is 300 g/mol. The van der Waals surface area contributed by atoms with E-state index in [0.29, 0.717) is 24.1 Å². The number of aryl methyl sites for hydroxylation is 2. The van der Waals surface area contributed by atoms with E-state index in [0.717, 1.165) is 24.4 Å². The zero-order chi connectivity index (χ0) is 16.9. The SMILES string of the molecule is Cc1nc(CCNC(=O)c2ccccc2C#N)nc2c1CCCC2. The molecule has 0 fully saturated rings. The molecule has 1 amide bonds. The van der Waals surface area contributed by atoms with Gasteiger partial charge in [0.05, 0.1) is 17.2 Å². The molecule has 1 aliphatic rings. The van der Waals surface area contributed by atoms with Crippen LogP contribution in [-0.4, -0.2) is 22.4 Å². The Hall–Kier alpha value is -2.74. The van der Waals surface area contributed by atoms with E-state index in [2.05, 4.69) is 15.3 Å². The minimum Gasteiger partial charge on any atom is -0.352 e. The van der Waals surface area contributed by atoms with Gasteiger partial charge in [-0.2, -0.15) is 5.26 Å². The van der Waals surface area contributed by atoms with Crippen molar-refractivity contribution < 1.29 is 4.79 Å². The number of carbonyl (C=O) groups excluding carboxylic acids is 1. The Bertz CT molecular complexity index is 807. The molecule has 5 heteroatoms. The summed E-state index contributed by atoms with van der Waals surface area (Å²) in [6.45, 7) is 2.49. The zero-order valence-corrected chi connectivity index (χ0v) is 13.8. The van der Waals surface area contributed by atoms with E-state index in [1.54, 1.807) is 24.3 Å².